The minimum Gasteiger partial charge on any atom is -0.370 e. The second-order valence-corrected chi connectivity index (χ2v) is 4.36. The van der Waals surface area contributed by atoms with Gasteiger partial charge in [0.1, 0.15) is 11.8 Å². The molecule has 9 nitrogen and oxygen atoms in total. The predicted octanol–water partition coefficient (Wildman–Crippen LogP) is 0.510. The standard InChI is InChI=1S/C13H12N8O/c14-13(15)20-8-3-1-7(2-4-8)12(22)21-11-9-10(17-5-16-9)18-6-19-11/h1-6H,(H4,14,15,20)(H2,16,17,18,19,21,22). The van der Waals surface area contributed by atoms with Gasteiger partial charge in [0.15, 0.2) is 17.4 Å². The van der Waals surface area contributed by atoms with Gasteiger partial charge in [-0.25, -0.2) is 19.9 Å². The van der Waals surface area contributed by atoms with Crippen LogP contribution in [-0.4, -0.2) is 31.8 Å². The summed E-state index contributed by atoms with van der Waals surface area (Å²) in [6, 6.07) is 6.51. The number of benzene rings is 1. The van der Waals surface area contributed by atoms with Crippen LogP contribution in [0.25, 0.3) is 11.2 Å². The molecule has 0 atom stereocenters. The lowest BCUT2D eigenvalue weighted by Crippen LogP contribution is -2.21. The third-order valence-electron chi connectivity index (χ3n) is 2.84. The second kappa shape index (κ2) is 5.48. The van der Waals surface area contributed by atoms with Crippen LogP contribution in [0.4, 0.5) is 11.5 Å². The maximum Gasteiger partial charge on any atom is 0.256 e. The fourth-order valence-electron chi connectivity index (χ4n) is 1.88. The van der Waals surface area contributed by atoms with Gasteiger partial charge < -0.3 is 21.8 Å². The largest absolute Gasteiger partial charge is 0.370 e. The molecule has 0 aliphatic rings. The summed E-state index contributed by atoms with van der Waals surface area (Å²) in [7, 11) is 0. The molecule has 0 aliphatic heterocycles. The van der Waals surface area contributed by atoms with Gasteiger partial charge in [0.25, 0.3) is 5.91 Å². The molecule has 6 N–H and O–H groups in total. The van der Waals surface area contributed by atoms with Crippen molar-refractivity contribution in [2.24, 2.45) is 16.5 Å². The van der Waals surface area contributed by atoms with Crippen molar-refractivity contribution in [3.63, 3.8) is 0 Å². The van der Waals surface area contributed by atoms with Crippen molar-refractivity contribution in [1.82, 2.24) is 19.9 Å². The first kappa shape index (κ1) is 13.5. The number of imidazole rings is 1. The minimum atomic E-state index is -0.314. The van der Waals surface area contributed by atoms with Crippen LogP contribution < -0.4 is 16.8 Å². The number of fused-ring (bicyclic) bond motifs is 1. The fraction of sp³-hybridized carbons (Fsp3) is 0. The molecule has 110 valence electrons. The smallest absolute Gasteiger partial charge is 0.256 e. The number of aliphatic imine (C=N–C) groups is 1. The van der Waals surface area contributed by atoms with E-state index in [2.05, 4.69) is 30.2 Å². The van der Waals surface area contributed by atoms with E-state index >= 15 is 0 Å². The predicted molar refractivity (Wildman–Crippen MR) is 81.5 cm³/mol. The number of nitrogens with one attached hydrogen (secondary N) is 2. The lowest BCUT2D eigenvalue weighted by Gasteiger charge is -2.05. The summed E-state index contributed by atoms with van der Waals surface area (Å²) in [4.78, 5) is 31.0. The maximum atomic E-state index is 12.2. The van der Waals surface area contributed by atoms with Crippen molar-refractivity contribution in [1.29, 1.82) is 0 Å². The Bertz CT molecular complexity index is 848. The Morgan fingerprint density at radius 3 is 2.64 bits per heavy atom. The van der Waals surface area contributed by atoms with Crippen LogP contribution in [-0.2, 0) is 0 Å². The number of carbonyl (C=O) groups is 1. The van der Waals surface area contributed by atoms with Gasteiger partial charge in [-0.15, -0.1) is 0 Å². The van der Waals surface area contributed by atoms with Gasteiger partial charge in [-0.1, -0.05) is 0 Å². The Morgan fingerprint density at radius 1 is 1.14 bits per heavy atom. The highest BCUT2D eigenvalue weighted by molar-refractivity contribution is 6.06. The number of H-pyrrole nitrogens is 1. The molecule has 0 bridgehead atoms. The molecule has 0 fully saturated rings. The number of aromatic amines is 1. The zero-order valence-electron chi connectivity index (χ0n) is 11.3. The van der Waals surface area contributed by atoms with Crippen LogP contribution in [0.3, 0.4) is 0 Å². The van der Waals surface area contributed by atoms with Crippen LogP contribution in [0.15, 0.2) is 41.9 Å². The SMILES string of the molecule is NC(N)=Nc1ccc(C(=O)Nc2ncnc3nc[nH]c23)cc1. The number of guanidine groups is 1. The third-order valence-corrected chi connectivity index (χ3v) is 2.84. The van der Waals surface area contributed by atoms with E-state index in [1.165, 1.54) is 12.7 Å². The van der Waals surface area contributed by atoms with Crippen LogP contribution in [0.2, 0.25) is 0 Å². The Hall–Kier alpha value is -3.49. The van der Waals surface area contributed by atoms with Crippen LogP contribution >= 0.6 is 0 Å². The first-order valence-corrected chi connectivity index (χ1v) is 6.28. The van der Waals surface area contributed by atoms with E-state index in [0.717, 1.165) is 0 Å². The molecule has 1 aromatic carbocycles. The molecule has 3 aromatic rings. The Balaban J connectivity index is 1.82. The van der Waals surface area contributed by atoms with Gasteiger partial charge >= 0.3 is 0 Å². The molecular formula is C13H12N8O. The van der Waals surface area contributed by atoms with E-state index in [-0.39, 0.29) is 11.9 Å². The Morgan fingerprint density at radius 2 is 1.91 bits per heavy atom. The van der Waals surface area contributed by atoms with Gasteiger partial charge in [0, 0.05) is 5.56 Å². The average molecular weight is 296 g/mol. The number of carbonyl (C=O) groups excluding carboxylic acids is 1. The molecule has 0 saturated heterocycles. The maximum absolute atomic E-state index is 12.2. The van der Waals surface area contributed by atoms with Gasteiger partial charge in [0.05, 0.1) is 12.0 Å². The fourth-order valence-corrected chi connectivity index (χ4v) is 1.88. The Labute approximate surface area is 124 Å². The first-order valence-electron chi connectivity index (χ1n) is 6.28. The monoisotopic (exact) mass is 296 g/mol. The van der Waals surface area contributed by atoms with Gasteiger partial charge in [0.2, 0.25) is 0 Å². The first-order chi connectivity index (χ1) is 10.6. The minimum absolute atomic E-state index is 0.0418. The molecule has 1 amide bonds. The molecule has 0 radical (unpaired) electrons. The van der Waals surface area contributed by atoms with Crippen molar-refractivity contribution in [2.75, 3.05) is 5.32 Å². The number of nitrogens with two attached hydrogens (primary N) is 2. The summed E-state index contributed by atoms with van der Waals surface area (Å²) >= 11 is 0. The summed E-state index contributed by atoms with van der Waals surface area (Å²) in [6.07, 6.45) is 2.82. The molecule has 0 saturated carbocycles. The van der Waals surface area contributed by atoms with Gasteiger partial charge in [-0.3, -0.25) is 4.79 Å². The Kier molecular flexibility index (Phi) is 3.36. The lowest BCUT2D eigenvalue weighted by molar-refractivity contribution is 0.102. The second-order valence-electron chi connectivity index (χ2n) is 4.36. The zero-order valence-corrected chi connectivity index (χ0v) is 11.3. The van der Waals surface area contributed by atoms with Crippen molar-refractivity contribution in [2.45, 2.75) is 0 Å². The summed E-state index contributed by atoms with van der Waals surface area (Å²) in [5.74, 6) is 0.00599. The van der Waals surface area contributed by atoms with Crippen LogP contribution in [0, 0.1) is 0 Å². The summed E-state index contributed by atoms with van der Waals surface area (Å²) in [5.41, 5.74) is 12.6. The van der Waals surface area contributed by atoms with E-state index in [1.54, 1.807) is 24.3 Å². The molecular weight excluding hydrogens is 284 g/mol. The molecule has 3 rings (SSSR count). The number of nitrogens with zero attached hydrogens (tertiary/aromatic N) is 4. The summed E-state index contributed by atoms with van der Waals surface area (Å²) < 4.78 is 0. The number of anilines is 1. The summed E-state index contributed by atoms with van der Waals surface area (Å²) in [5, 5.41) is 2.70. The molecule has 9 heteroatoms. The van der Waals surface area contributed by atoms with E-state index in [4.69, 9.17) is 11.5 Å². The zero-order chi connectivity index (χ0) is 15.5. The molecule has 0 unspecified atom stereocenters. The average Bonchev–Trinajstić information content (AvgIpc) is 2.97. The summed E-state index contributed by atoms with van der Waals surface area (Å²) in [6.45, 7) is 0. The van der Waals surface area contributed by atoms with E-state index in [1.807, 2.05) is 0 Å². The molecule has 2 aromatic heterocycles. The van der Waals surface area contributed by atoms with Crippen LogP contribution in [0.5, 0.6) is 0 Å². The topological polar surface area (TPSA) is 148 Å². The van der Waals surface area contributed by atoms with Crippen molar-refractivity contribution >= 4 is 34.5 Å². The van der Waals surface area contributed by atoms with E-state index < -0.39 is 0 Å². The molecule has 2 heterocycles. The quantitative estimate of drug-likeness (QED) is 0.409. The van der Waals surface area contributed by atoms with Crippen LogP contribution in [0.1, 0.15) is 10.4 Å². The number of rotatable bonds is 3. The normalized spacial score (nSPS) is 10.4. The van der Waals surface area contributed by atoms with Crippen molar-refractivity contribution < 1.29 is 4.79 Å². The number of aromatic nitrogens is 4. The van der Waals surface area contributed by atoms with Crippen molar-refractivity contribution in [3.8, 4) is 0 Å². The van der Waals surface area contributed by atoms with E-state index in [9.17, 15) is 4.79 Å². The van der Waals surface area contributed by atoms with Gasteiger partial charge in [-0.2, -0.15) is 0 Å². The molecule has 22 heavy (non-hydrogen) atoms. The van der Waals surface area contributed by atoms with E-state index in [0.29, 0.717) is 28.2 Å². The number of hydrogen-bond donors (Lipinski definition) is 4. The van der Waals surface area contributed by atoms with Gasteiger partial charge in [-0.05, 0) is 24.3 Å². The highest BCUT2D eigenvalue weighted by Crippen LogP contribution is 2.17. The highest BCUT2D eigenvalue weighted by atomic mass is 16.1. The number of hydrogen-bond acceptors (Lipinski definition) is 5. The third kappa shape index (κ3) is 2.68. The lowest BCUT2D eigenvalue weighted by atomic mass is 10.2. The molecule has 0 spiro atoms. The molecule has 0 aliphatic carbocycles. The highest BCUT2D eigenvalue weighted by Gasteiger charge is 2.11. The number of amides is 1. The van der Waals surface area contributed by atoms with Crippen molar-refractivity contribution in [3.05, 3.63) is 42.5 Å².